The first-order valence-corrected chi connectivity index (χ1v) is 9.70. The van der Waals surface area contributed by atoms with Crippen LogP contribution in [0, 0.1) is 0 Å². The Morgan fingerprint density at radius 2 is 1.27 bits per heavy atom. The van der Waals surface area contributed by atoms with Crippen molar-refractivity contribution >= 4 is 5.91 Å². The van der Waals surface area contributed by atoms with E-state index in [1.54, 1.807) is 20.0 Å². The van der Waals surface area contributed by atoms with E-state index >= 15 is 0 Å². The fourth-order valence-electron chi connectivity index (χ4n) is 2.45. The van der Waals surface area contributed by atoms with Crippen molar-refractivity contribution in [2.75, 3.05) is 7.05 Å². The van der Waals surface area contributed by atoms with Gasteiger partial charge in [-0.2, -0.15) is 0 Å². The molecule has 148 valence electrons. The van der Waals surface area contributed by atoms with Crippen LogP contribution in [0.3, 0.4) is 0 Å². The van der Waals surface area contributed by atoms with Crippen LogP contribution < -0.4 is 0 Å². The normalized spacial score (nSPS) is 14.2. The average molecular weight is 362 g/mol. The van der Waals surface area contributed by atoms with Gasteiger partial charge in [-0.05, 0) is 80.1 Å². The largest absolute Gasteiger partial charge is 0.374 e. The minimum absolute atomic E-state index is 0.146. The molecule has 3 nitrogen and oxygen atoms in total. The maximum absolute atomic E-state index is 11.9. The molecule has 0 aromatic carbocycles. The summed E-state index contributed by atoms with van der Waals surface area (Å²) in [7, 11) is 1.61. The van der Waals surface area contributed by atoms with Gasteiger partial charge in [-0.3, -0.25) is 4.79 Å². The first-order valence-electron chi connectivity index (χ1n) is 9.70. The van der Waals surface area contributed by atoms with Crippen LogP contribution in [0.2, 0.25) is 0 Å². The van der Waals surface area contributed by atoms with Crippen molar-refractivity contribution in [3.63, 3.8) is 0 Å². The molecule has 1 amide bonds. The van der Waals surface area contributed by atoms with Crippen molar-refractivity contribution in [3.8, 4) is 0 Å². The maximum atomic E-state index is 11.9. The standard InChI is InChI=1S/C23H39NO2/c1-18(2)11-8-12-19(3)13-9-14-20(4)15-10-16-21(5)17-23(26)24(7)22(6)25/h11,13,15,17,22,25H,8-10,12,14,16H2,1-7H3. The minimum Gasteiger partial charge on any atom is -0.374 e. The van der Waals surface area contributed by atoms with Gasteiger partial charge >= 0.3 is 0 Å². The van der Waals surface area contributed by atoms with Gasteiger partial charge in [-0.15, -0.1) is 0 Å². The highest BCUT2D eigenvalue weighted by Gasteiger charge is 2.10. The third kappa shape index (κ3) is 12.7. The first-order chi connectivity index (χ1) is 12.1. The smallest absolute Gasteiger partial charge is 0.248 e. The summed E-state index contributed by atoms with van der Waals surface area (Å²) < 4.78 is 0. The SMILES string of the molecule is CC(C)=CCCC(C)=CCCC(C)=CCCC(C)=CC(=O)N(C)C(C)O. The van der Waals surface area contributed by atoms with Gasteiger partial charge in [-0.25, -0.2) is 0 Å². The zero-order chi connectivity index (χ0) is 20.1. The number of allylic oxidation sites excluding steroid dienone is 7. The van der Waals surface area contributed by atoms with Gasteiger partial charge in [0.2, 0.25) is 5.91 Å². The molecule has 26 heavy (non-hydrogen) atoms. The van der Waals surface area contributed by atoms with Gasteiger partial charge in [0.25, 0.3) is 0 Å². The van der Waals surface area contributed by atoms with Crippen molar-refractivity contribution < 1.29 is 9.90 Å². The number of aliphatic hydroxyl groups excluding tert-OH is 1. The van der Waals surface area contributed by atoms with E-state index in [1.807, 2.05) is 6.92 Å². The highest BCUT2D eigenvalue weighted by molar-refractivity contribution is 5.88. The summed E-state index contributed by atoms with van der Waals surface area (Å²) in [5, 5.41) is 9.41. The van der Waals surface area contributed by atoms with Crippen LogP contribution in [0.25, 0.3) is 0 Å². The molecule has 3 heteroatoms. The molecule has 1 unspecified atom stereocenters. The molecule has 0 bridgehead atoms. The number of carbonyl (C=O) groups excluding carboxylic acids is 1. The maximum Gasteiger partial charge on any atom is 0.248 e. The van der Waals surface area contributed by atoms with E-state index in [-0.39, 0.29) is 5.91 Å². The summed E-state index contributed by atoms with van der Waals surface area (Å²) in [5.41, 5.74) is 5.30. The van der Waals surface area contributed by atoms with Crippen molar-refractivity contribution in [1.82, 2.24) is 4.90 Å². The quantitative estimate of drug-likeness (QED) is 0.281. The Bertz CT molecular complexity index is 547. The molecule has 0 saturated carbocycles. The molecule has 0 aliphatic heterocycles. The monoisotopic (exact) mass is 361 g/mol. The zero-order valence-corrected chi connectivity index (χ0v) is 17.9. The van der Waals surface area contributed by atoms with Gasteiger partial charge in [0.15, 0.2) is 0 Å². The molecule has 0 aliphatic carbocycles. The van der Waals surface area contributed by atoms with Crippen molar-refractivity contribution in [1.29, 1.82) is 0 Å². The summed E-state index contributed by atoms with van der Waals surface area (Å²) in [6.45, 7) is 12.2. The van der Waals surface area contributed by atoms with Gasteiger partial charge in [0.05, 0.1) is 0 Å². The fourth-order valence-corrected chi connectivity index (χ4v) is 2.45. The first kappa shape index (κ1) is 24.4. The number of hydrogen-bond donors (Lipinski definition) is 1. The molecule has 0 saturated heterocycles. The Kier molecular flexibility index (Phi) is 12.7. The van der Waals surface area contributed by atoms with E-state index in [0.29, 0.717) is 0 Å². The lowest BCUT2D eigenvalue weighted by atomic mass is 10.0. The molecule has 0 aliphatic rings. The highest BCUT2D eigenvalue weighted by atomic mass is 16.3. The number of nitrogens with zero attached hydrogens (tertiary/aromatic N) is 1. The van der Waals surface area contributed by atoms with Crippen molar-refractivity contribution in [2.24, 2.45) is 0 Å². The van der Waals surface area contributed by atoms with Crippen molar-refractivity contribution in [3.05, 3.63) is 46.6 Å². The second-order valence-corrected chi connectivity index (χ2v) is 7.57. The molecule has 0 fully saturated rings. The van der Waals surface area contributed by atoms with Crippen LogP contribution >= 0.6 is 0 Å². The lowest BCUT2D eigenvalue weighted by Gasteiger charge is -2.18. The molecule has 0 heterocycles. The molecular weight excluding hydrogens is 322 g/mol. The Morgan fingerprint density at radius 1 is 0.846 bits per heavy atom. The van der Waals surface area contributed by atoms with Crippen LogP contribution in [0.5, 0.6) is 0 Å². The zero-order valence-electron chi connectivity index (χ0n) is 17.9. The Morgan fingerprint density at radius 3 is 1.69 bits per heavy atom. The van der Waals surface area contributed by atoms with E-state index in [4.69, 9.17) is 0 Å². The number of aliphatic hydroxyl groups is 1. The van der Waals surface area contributed by atoms with Crippen molar-refractivity contribution in [2.45, 2.75) is 86.3 Å². The van der Waals surface area contributed by atoms with Gasteiger partial charge in [0.1, 0.15) is 6.23 Å². The van der Waals surface area contributed by atoms with Crippen LogP contribution in [0.4, 0.5) is 0 Å². The van der Waals surface area contributed by atoms with Gasteiger partial charge < -0.3 is 10.0 Å². The minimum atomic E-state index is -0.757. The average Bonchev–Trinajstić information content (AvgIpc) is 2.53. The third-order valence-corrected chi connectivity index (χ3v) is 4.43. The molecular formula is C23H39NO2. The third-order valence-electron chi connectivity index (χ3n) is 4.43. The Labute approximate surface area is 161 Å². The number of carbonyl (C=O) groups is 1. The van der Waals surface area contributed by atoms with E-state index in [2.05, 4.69) is 45.9 Å². The van der Waals surface area contributed by atoms with E-state index < -0.39 is 6.23 Å². The summed E-state index contributed by atoms with van der Waals surface area (Å²) in [4.78, 5) is 13.2. The second-order valence-electron chi connectivity index (χ2n) is 7.57. The topological polar surface area (TPSA) is 40.5 Å². The summed E-state index contributed by atoms with van der Waals surface area (Å²) in [5.74, 6) is -0.146. The molecule has 1 N–H and O–H groups in total. The molecule has 0 aromatic rings. The molecule has 1 atom stereocenters. The number of rotatable bonds is 11. The molecule has 0 radical (unpaired) electrons. The highest BCUT2D eigenvalue weighted by Crippen LogP contribution is 2.13. The number of hydrogen-bond acceptors (Lipinski definition) is 2. The predicted octanol–water partition coefficient (Wildman–Crippen LogP) is 5.93. The lowest BCUT2D eigenvalue weighted by molar-refractivity contribution is -0.132. The van der Waals surface area contributed by atoms with Crippen LogP contribution in [-0.4, -0.2) is 29.2 Å². The molecule has 0 rings (SSSR count). The van der Waals surface area contributed by atoms with Crippen LogP contribution in [-0.2, 0) is 4.79 Å². The van der Waals surface area contributed by atoms with Crippen LogP contribution in [0.1, 0.15) is 80.1 Å². The fraction of sp³-hybridized carbons (Fsp3) is 0.609. The molecule has 0 spiro atoms. The van der Waals surface area contributed by atoms with E-state index in [9.17, 15) is 9.90 Å². The number of likely N-dealkylation sites (N-methyl/N-ethyl adjacent to an activating group) is 1. The van der Waals surface area contributed by atoms with E-state index in [0.717, 1.165) is 44.1 Å². The lowest BCUT2D eigenvalue weighted by Crippen LogP contribution is -2.33. The Balaban J connectivity index is 4.21. The van der Waals surface area contributed by atoms with Crippen LogP contribution in [0.15, 0.2) is 46.6 Å². The summed E-state index contributed by atoms with van der Waals surface area (Å²) >= 11 is 0. The molecule has 0 aromatic heterocycles. The summed E-state index contributed by atoms with van der Waals surface area (Å²) in [6, 6.07) is 0. The van der Waals surface area contributed by atoms with Gasteiger partial charge in [-0.1, -0.05) is 40.5 Å². The predicted molar refractivity (Wildman–Crippen MR) is 113 cm³/mol. The van der Waals surface area contributed by atoms with E-state index in [1.165, 1.54) is 21.6 Å². The number of amides is 1. The van der Waals surface area contributed by atoms with Gasteiger partial charge in [0, 0.05) is 13.1 Å². The Hall–Kier alpha value is -1.61. The second kappa shape index (κ2) is 13.6. The summed E-state index contributed by atoms with van der Waals surface area (Å²) in [6.07, 6.45) is 14.1.